The van der Waals surface area contributed by atoms with E-state index in [1.165, 1.54) is 6.07 Å². The molecule has 1 heterocycles. The molecular weight excluding hydrogens is 371 g/mol. The van der Waals surface area contributed by atoms with E-state index >= 15 is 0 Å². The molecule has 150 valence electrons. The fourth-order valence-electron chi connectivity index (χ4n) is 3.09. The van der Waals surface area contributed by atoms with Crippen molar-refractivity contribution in [2.75, 3.05) is 6.54 Å². The van der Waals surface area contributed by atoms with Gasteiger partial charge in [0.2, 0.25) is 5.91 Å². The van der Waals surface area contributed by atoms with Crippen LogP contribution in [0.25, 0.3) is 0 Å². The highest BCUT2D eigenvalue weighted by Gasteiger charge is 2.23. The van der Waals surface area contributed by atoms with Crippen LogP contribution in [0.2, 0.25) is 0 Å². The van der Waals surface area contributed by atoms with Crippen molar-refractivity contribution in [3.05, 3.63) is 89.3 Å². The number of nitrogens with one attached hydrogen (secondary N) is 2. The molecule has 6 nitrogen and oxygen atoms in total. The van der Waals surface area contributed by atoms with Crippen molar-refractivity contribution in [3.8, 4) is 0 Å². The fourth-order valence-corrected chi connectivity index (χ4v) is 3.09. The second-order valence-electron chi connectivity index (χ2n) is 6.74. The molecule has 0 radical (unpaired) electrons. The Morgan fingerprint density at radius 2 is 1.86 bits per heavy atom. The molecular formula is C22H23FN4O2. The Morgan fingerprint density at radius 1 is 1.14 bits per heavy atom. The zero-order valence-electron chi connectivity index (χ0n) is 16.4. The smallest absolute Gasteiger partial charge is 0.251 e. The summed E-state index contributed by atoms with van der Waals surface area (Å²) in [5.41, 5.74) is 1.77. The minimum atomic E-state index is -0.726. The van der Waals surface area contributed by atoms with E-state index in [0.29, 0.717) is 17.0 Å². The van der Waals surface area contributed by atoms with Crippen molar-refractivity contribution in [1.82, 2.24) is 20.2 Å². The first-order valence-electron chi connectivity index (χ1n) is 9.32. The van der Waals surface area contributed by atoms with Gasteiger partial charge in [-0.2, -0.15) is 0 Å². The summed E-state index contributed by atoms with van der Waals surface area (Å²) < 4.78 is 16.1. The van der Waals surface area contributed by atoms with Gasteiger partial charge in [-0.3, -0.25) is 9.59 Å². The Labute approximate surface area is 168 Å². The molecule has 0 aliphatic heterocycles. The predicted molar refractivity (Wildman–Crippen MR) is 108 cm³/mol. The average molecular weight is 394 g/mol. The molecule has 2 N–H and O–H groups in total. The van der Waals surface area contributed by atoms with Crippen LogP contribution in [0, 0.1) is 12.7 Å². The maximum Gasteiger partial charge on any atom is 0.251 e. The summed E-state index contributed by atoms with van der Waals surface area (Å²) in [6.07, 6.45) is 3.39. The summed E-state index contributed by atoms with van der Waals surface area (Å²) in [7, 11) is 1.78. The van der Waals surface area contributed by atoms with Gasteiger partial charge in [-0.25, -0.2) is 9.37 Å². The second-order valence-corrected chi connectivity index (χ2v) is 6.74. The molecule has 3 rings (SSSR count). The first kappa shape index (κ1) is 20.3. The number of hydrogen-bond donors (Lipinski definition) is 2. The third kappa shape index (κ3) is 4.87. The zero-order chi connectivity index (χ0) is 20.8. The van der Waals surface area contributed by atoms with Gasteiger partial charge in [0, 0.05) is 43.5 Å². The lowest BCUT2D eigenvalue weighted by Crippen LogP contribution is -2.34. The Balaban J connectivity index is 1.65. The Hall–Kier alpha value is -3.48. The lowest BCUT2D eigenvalue weighted by Gasteiger charge is -2.20. The van der Waals surface area contributed by atoms with Crippen molar-refractivity contribution in [3.63, 3.8) is 0 Å². The van der Waals surface area contributed by atoms with Crippen LogP contribution in [0.1, 0.15) is 39.8 Å². The van der Waals surface area contributed by atoms with Crippen molar-refractivity contribution in [2.45, 2.75) is 19.4 Å². The number of carbonyl (C=O) groups excluding carboxylic acids is 2. The molecule has 0 fully saturated rings. The largest absolute Gasteiger partial charge is 0.352 e. The SMILES string of the molecule is Cc1ccccc1C(=O)NCCC(=O)NC(c1ccccc1F)c1nccn1C. The van der Waals surface area contributed by atoms with Crippen LogP contribution in [0.3, 0.4) is 0 Å². The number of aryl methyl sites for hydroxylation is 2. The summed E-state index contributed by atoms with van der Waals surface area (Å²) in [4.78, 5) is 29.0. The number of imidazole rings is 1. The quantitative estimate of drug-likeness (QED) is 0.647. The zero-order valence-corrected chi connectivity index (χ0v) is 16.4. The van der Waals surface area contributed by atoms with Gasteiger partial charge in [0.05, 0.1) is 0 Å². The highest BCUT2D eigenvalue weighted by molar-refractivity contribution is 5.95. The van der Waals surface area contributed by atoms with Gasteiger partial charge in [0.15, 0.2) is 0 Å². The van der Waals surface area contributed by atoms with Gasteiger partial charge in [-0.15, -0.1) is 0 Å². The summed E-state index contributed by atoms with van der Waals surface area (Å²) in [5.74, 6) is -0.446. The Morgan fingerprint density at radius 3 is 2.55 bits per heavy atom. The minimum absolute atomic E-state index is 0.0625. The van der Waals surface area contributed by atoms with Crippen molar-refractivity contribution in [1.29, 1.82) is 0 Å². The van der Waals surface area contributed by atoms with Crippen LogP contribution >= 0.6 is 0 Å². The fraction of sp³-hybridized carbons (Fsp3) is 0.227. The summed E-state index contributed by atoms with van der Waals surface area (Å²) in [6, 6.07) is 12.8. The van der Waals surface area contributed by atoms with E-state index in [-0.39, 0.29) is 24.8 Å². The van der Waals surface area contributed by atoms with Gasteiger partial charge >= 0.3 is 0 Å². The summed E-state index contributed by atoms with van der Waals surface area (Å²) in [5, 5.41) is 5.58. The van der Waals surface area contributed by atoms with Gasteiger partial charge in [0.1, 0.15) is 17.7 Å². The number of rotatable bonds is 7. The maximum atomic E-state index is 14.4. The van der Waals surface area contributed by atoms with Gasteiger partial charge < -0.3 is 15.2 Å². The van der Waals surface area contributed by atoms with Gasteiger partial charge in [-0.1, -0.05) is 36.4 Å². The lowest BCUT2D eigenvalue weighted by molar-refractivity contribution is -0.121. The van der Waals surface area contributed by atoms with Crippen molar-refractivity contribution >= 4 is 11.8 Å². The Kier molecular flexibility index (Phi) is 6.39. The molecule has 0 spiro atoms. The van der Waals surface area contributed by atoms with Crippen LogP contribution < -0.4 is 10.6 Å². The molecule has 0 bridgehead atoms. The molecule has 0 aliphatic carbocycles. The van der Waals surface area contributed by atoms with Crippen LogP contribution in [0.5, 0.6) is 0 Å². The first-order chi connectivity index (χ1) is 14.0. The number of hydrogen-bond acceptors (Lipinski definition) is 3. The molecule has 0 aliphatic rings. The van der Waals surface area contributed by atoms with Gasteiger partial charge in [-0.05, 0) is 24.6 Å². The third-order valence-electron chi connectivity index (χ3n) is 4.67. The molecule has 7 heteroatoms. The predicted octanol–water partition coefficient (Wildman–Crippen LogP) is 2.89. The number of carbonyl (C=O) groups is 2. The van der Waals surface area contributed by atoms with E-state index in [4.69, 9.17) is 0 Å². The molecule has 29 heavy (non-hydrogen) atoms. The normalized spacial score (nSPS) is 11.7. The van der Waals surface area contributed by atoms with Gasteiger partial charge in [0.25, 0.3) is 5.91 Å². The molecule has 3 aromatic rings. The van der Waals surface area contributed by atoms with Crippen molar-refractivity contribution in [2.24, 2.45) is 7.05 Å². The van der Waals surface area contributed by atoms with Crippen LogP contribution in [0.15, 0.2) is 60.9 Å². The van der Waals surface area contributed by atoms with E-state index in [2.05, 4.69) is 15.6 Å². The first-order valence-corrected chi connectivity index (χ1v) is 9.32. The molecule has 1 atom stereocenters. The topological polar surface area (TPSA) is 76.0 Å². The number of amides is 2. The van der Waals surface area contributed by atoms with E-state index in [0.717, 1.165) is 5.56 Å². The van der Waals surface area contributed by atoms with Crippen LogP contribution in [0.4, 0.5) is 4.39 Å². The molecule has 1 aromatic heterocycles. The van der Waals surface area contributed by atoms with Crippen molar-refractivity contribution < 1.29 is 14.0 Å². The van der Waals surface area contributed by atoms with E-state index in [9.17, 15) is 14.0 Å². The molecule has 0 saturated carbocycles. The molecule has 1 unspecified atom stereocenters. The maximum absolute atomic E-state index is 14.4. The molecule has 2 aromatic carbocycles. The van der Waals surface area contributed by atoms with E-state index < -0.39 is 11.9 Å². The average Bonchev–Trinajstić information content (AvgIpc) is 3.12. The second kappa shape index (κ2) is 9.14. The highest BCUT2D eigenvalue weighted by Crippen LogP contribution is 2.23. The van der Waals surface area contributed by atoms with E-state index in [1.807, 2.05) is 19.1 Å². The van der Waals surface area contributed by atoms with Crippen LogP contribution in [-0.2, 0) is 11.8 Å². The Bertz CT molecular complexity index is 1020. The summed E-state index contributed by atoms with van der Waals surface area (Å²) in [6.45, 7) is 2.02. The van der Waals surface area contributed by atoms with E-state index in [1.54, 1.807) is 54.3 Å². The standard InChI is InChI=1S/C22H23FN4O2/c1-15-7-3-4-8-16(15)22(29)25-12-11-19(28)26-20(21-24-13-14-27(21)2)17-9-5-6-10-18(17)23/h3-10,13-14,20H,11-12H2,1-2H3,(H,25,29)(H,26,28). The highest BCUT2D eigenvalue weighted by atomic mass is 19.1. The molecule has 2 amide bonds. The molecule has 0 saturated heterocycles. The monoisotopic (exact) mass is 394 g/mol. The number of halogens is 1. The minimum Gasteiger partial charge on any atom is -0.352 e. The number of aromatic nitrogens is 2. The number of nitrogens with zero attached hydrogens (tertiary/aromatic N) is 2. The van der Waals surface area contributed by atoms with Crippen LogP contribution in [-0.4, -0.2) is 27.9 Å². The summed E-state index contributed by atoms with van der Waals surface area (Å²) >= 11 is 0. The lowest BCUT2D eigenvalue weighted by atomic mass is 10.1. The number of benzene rings is 2. The third-order valence-corrected chi connectivity index (χ3v) is 4.67.